The molecule has 0 amide bonds. The highest BCUT2D eigenvalue weighted by atomic mass is 35.5. The van der Waals surface area contributed by atoms with Crippen LogP contribution in [0, 0.1) is 0 Å². The number of hydrogen-bond donors (Lipinski definition) is 0. The minimum absolute atomic E-state index is 0.236. The molecule has 0 spiro atoms. The molecule has 0 radical (unpaired) electrons. The zero-order valence-electron chi connectivity index (χ0n) is 10.3. The zero-order valence-corrected chi connectivity index (χ0v) is 11.1. The first-order chi connectivity index (χ1) is 8.24. The zero-order chi connectivity index (χ0) is 12.7. The molecule has 0 aliphatic heterocycles. The lowest BCUT2D eigenvalue weighted by atomic mass is 10.5. The van der Waals surface area contributed by atoms with Gasteiger partial charge in [0.15, 0.2) is 0 Å². The highest BCUT2D eigenvalue weighted by molar-refractivity contribution is 6.17. The van der Waals surface area contributed by atoms with Gasteiger partial charge in [0.2, 0.25) is 5.95 Å². The molecular weight excluding hydrogens is 244 g/mol. The number of methoxy groups -OCH3 is 1. The topological polar surface area (TPSA) is 60.4 Å². The largest absolute Gasteiger partial charge is 0.467 e. The van der Waals surface area contributed by atoms with Crippen LogP contribution in [0.2, 0.25) is 0 Å². The van der Waals surface area contributed by atoms with E-state index in [0.717, 1.165) is 13.1 Å². The molecule has 0 aliphatic carbocycles. The molecule has 0 aliphatic rings. The van der Waals surface area contributed by atoms with Crippen LogP contribution in [-0.2, 0) is 0 Å². The number of rotatable bonds is 7. The van der Waals surface area contributed by atoms with Gasteiger partial charge in [0, 0.05) is 13.1 Å². The lowest BCUT2D eigenvalue weighted by molar-refractivity contribution is 0.299. The Labute approximate surface area is 106 Å². The number of hydrogen-bond acceptors (Lipinski definition) is 6. The maximum absolute atomic E-state index is 5.54. The highest BCUT2D eigenvalue weighted by Gasteiger charge is 2.12. The van der Waals surface area contributed by atoms with E-state index in [0.29, 0.717) is 18.4 Å². The van der Waals surface area contributed by atoms with Crippen LogP contribution < -0.4 is 14.4 Å². The summed E-state index contributed by atoms with van der Waals surface area (Å²) in [6.45, 7) is 6.02. The van der Waals surface area contributed by atoms with Gasteiger partial charge in [0.25, 0.3) is 0 Å². The first-order valence-electron chi connectivity index (χ1n) is 5.48. The third kappa shape index (κ3) is 3.89. The summed E-state index contributed by atoms with van der Waals surface area (Å²) in [5.74, 6) is 0.931. The number of alkyl halides is 1. The minimum Gasteiger partial charge on any atom is -0.467 e. The van der Waals surface area contributed by atoms with Crippen LogP contribution in [0.5, 0.6) is 12.0 Å². The van der Waals surface area contributed by atoms with E-state index in [1.165, 1.54) is 7.11 Å². The molecule has 0 saturated heterocycles. The number of ether oxygens (including phenoxy) is 2. The molecule has 0 fully saturated rings. The number of nitrogens with zero attached hydrogens (tertiary/aromatic N) is 4. The smallest absolute Gasteiger partial charge is 0.324 e. The van der Waals surface area contributed by atoms with Crippen LogP contribution >= 0.6 is 11.6 Å². The maximum Gasteiger partial charge on any atom is 0.324 e. The quantitative estimate of drug-likeness (QED) is 0.690. The Bertz CT molecular complexity index is 347. The average molecular weight is 261 g/mol. The minimum atomic E-state index is 0.236. The average Bonchev–Trinajstić information content (AvgIpc) is 2.37. The van der Waals surface area contributed by atoms with E-state index in [-0.39, 0.29) is 12.0 Å². The van der Waals surface area contributed by atoms with E-state index >= 15 is 0 Å². The van der Waals surface area contributed by atoms with Gasteiger partial charge < -0.3 is 14.4 Å². The van der Waals surface area contributed by atoms with E-state index in [4.69, 9.17) is 21.1 Å². The molecule has 0 aromatic carbocycles. The molecule has 0 N–H and O–H groups in total. The molecule has 0 saturated carbocycles. The summed E-state index contributed by atoms with van der Waals surface area (Å²) >= 11 is 5.54. The van der Waals surface area contributed by atoms with Crippen molar-refractivity contribution in [2.24, 2.45) is 0 Å². The first-order valence-corrected chi connectivity index (χ1v) is 6.02. The van der Waals surface area contributed by atoms with Crippen LogP contribution in [-0.4, -0.2) is 47.6 Å². The molecule has 7 heteroatoms. The molecule has 1 aromatic heterocycles. The number of aromatic nitrogens is 3. The third-order valence-corrected chi connectivity index (χ3v) is 2.27. The van der Waals surface area contributed by atoms with Gasteiger partial charge in [-0.05, 0) is 13.8 Å². The summed E-state index contributed by atoms with van der Waals surface area (Å²) in [6, 6.07) is 0.478. The summed E-state index contributed by atoms with van der Waals surface area (Å²) in [7, 11) is 1.51. The first kappa shape index (κ1) is 13.8. The van der Waals surface area contributed by atoms with E-state index < -0.39 is 0 Å². The Balaban J connectivity index is 2.95. The van der Waals surface area contributed by atoms with Gasteiger partial charge >= 0.3 is 12.0 Å². The van der Waals surface area contributed by atoms with Crippen molar-refractivity contribution in [3.8, 4) is 12.0 Å². The van der Waals surface area contributed by atoms with E-state index in [2.05, 4.69) is 15.0 Å². The summed E-state index contributed by atoms with van der Waals surface area (Å²) in [5, 5.41) is 0. The predicted molar refractivity (Wildman–Crippen MR) is 66.2 cm³/mol. The standard InChI is InChI=1S/C10H17ClN4O2/c1-4-15(5-2)8-12-9(16-3)14-10(13-8)17-7-6-11/h4-7H2,1-3H3. The maximum atomic E-state index is 5.54. The van der Waals surface area contributed by atoms with Crippen molar-refractivity contribution in [2.45, 2.75) is 13.8 Å². The van der Waals surface area contributed by atoms with Crippen molar-refractivity contribution in [1.29, 1.82) is 0 Å². The second-order valence-corrected chi connectivity index (χ2v) is 3.49. The fourth-order valence-corrected chi connectivity index (χ4v) is 1.34. The van der Waals surface area contributed by atoms with E-state index in [1.54, 1.807) is 0 Å². The van der Waals surface area contributed by atoms with Gasteiger partial charge in [-0.2, -0.15) is 9.97 Å². The van der Waals surface area contributed by atoms with Crippen molar-refractivity contribution >= 4 is 17.5 Å². The number of anilines is 1. The Kier molecular flexibility index (Phi) is 5.76. The van der Waals surface area contributed by atoms with Crippen molar-refractivity contribution in [3.63, 3.8) is 0 Å². The normalized spacial score (nSPS) is 10.1. The van der Waals surface area contributed by atoms with Crippen LogP contribution in [0.1, 0.15) is 13.8 Å². The summed E-state index contributed by atoms with van der Waals surface area (Å²) in [5.41, 5.74) is 0. The Morgan fingerprint density at radius 2 is 1.76 bits per heavy atom. The van der Waals surface area contributed by atoms with Gasteiger partial charge in [-0.1, -0.05) is 0 Å². The Hall–Kier alpha value is -1.30. The van der Waals surface area contributed by atoms with Gasteiger partial charge in [-0.25, -0.2) is 0 Å². The SMILES string of the molecule is CCN(CC)c1nc(OC)nc(OCCCl)n1. The molecule has 0 atom stereocenters. The van der Waals surface area contributed by atoms with Gasteiger partial charge in [-0.3, -0.25) is 0 Å². The van der Waals surface area contributed by atoms with Crippen molar-refractivity contribution in [2.75, 3.05) is 37.6 Å². The molecule has 6 nitrogen and oxygen atoms in total. The lowest BCUT2D eigenvalue weighted by Gasteiger charge is -2.18. The summed E-state index contributed by atoms with van der Waals surface area (Å²) in [6.07, 6.45) is 0. The highest BCUT2D eigenvalue weighted by Crippen LogP contribution is 2.15. The Morgan fingerprint density at radius 3 is 2.29 bits per heavy atom. The fourth-order valence-electron chi connectivity index (χ4n) is 1.26. The van der Waals surface area contributed by atoms with Crippen LogP contribution in [0.15, 0.2) is 0 Å². The third-order valence-electron chi connectivity index (χ3n) is 2.12. The summed E-state index contributed by atoms with van der Waals surface area (Å²) in [4.78, 5) is 14.3. The Morgan fingerprint density at radius 1 is 1.12 bits per heavy atom. The van der Waals surface area contributed by atoms with Crippen molar-refractivity contribution in [3.05, 3.63) is 0 Å². The van der Waals surface area contributed by atoms with Crippen LogP contribution in [0.4, 0.5) is 5.95 Å². The van der Waals surface area contributed by atoms with E-state index in [1.807, 2.05) is 18.7 Å². The van der Waals surface area contributed by atoms with Crippen LogP contribution in [0.3, 0.4) is 0 Å². The van der Waals surface area contributed by atoms with Crippen molar-refractivity contribution < 1.29 is 9.47 Å². The molecule has 1 rings (SSSR count). The van der Waals surface area contributed by atoms with Crippen molar-refractivity contribution in [1.82, 2.24) is 15.0 Å². The molecule has 96 valence electrons. The molecule has 1 aromatic rings. The second-order valence-electron chi connectivity index (χ2n) is 3.11. The monoisotopic (exact) mass is 260 g/mol. The molecular formula is C10H17ClN4O2. The summed E-state index contributed by atoms with van der Waals surface area (Å²) < 4.78 is 10.3. The van der Waals surface area contributed by atoms with Crippen LogP contribution in [0.25, 0.3) is 0 Å². The van der Waals surface area contributed by atoms with Gasteiger partial charge in [-0.15, -0.1) is 16.6 Å². The molecule has 0 bridgehead atoms. The van der Waals surface area contributed by atoms with Gasteiger partial charge in [0.05, 0.1) is 13.0 Å². The van der Waals surface area contributed by atoms with E-state index in [9.17, 15) is 0 Å². The predicted octanol–water partition coefficient (Wildman–Crippen LogP) is 1.34. The second kappa shape index (κ2) is 7.11. The lowest BCUT2D eigenvalue weighted by Crippen LogP contribution is -2.25. The number of halogens is 1. The fraction of sp³-hybridized carbons (Fsp3) is 0.700. The molecule has 17 heavy (non-hydrogen) atoms. The van der Waals surface area contributed by atoms with Gasteiger partial charge in [0.1, 0.15) is 6.61 Å². The molecule has 1 heterocycles. The molecule has 0 unspecified atom stereocenters.